The number of ether oxygens (including phenoxy) is 2. The smallest absolute Gasteiger partial charge is 0.337 e. The van der Waals surface area contributed by atoms with Crippen molar-refractivity contribution in [1.82, 2.24) is 0 Å². The van der Waals surface area contributed by atoms with Crippen molar-refractivity contribution < 1.29 is 23.5 Å². The predicted molar refractivity (Wildman–Crippen MR) is 91.4 cm³/mol. The number of benzene rings is 2. The summed E-state index contributed by atoms with van der Waals surface area (Å²) in [6, 6.07) is 16.4. The second kappa shape index (κ2) is 6.28. The molecule has 25 heavy (non-hydrogen) atoms. The Balaban J connectivity index is 1.43. The molecule has 0 radical (unpaired) electrons. The van der Waals surface area contributed by atoms with Crippen molar-refractivity contribution in [2.45, 2.75) is 0 Å². The number of rotatable bonds is 4. The fourth-order valence-electron chi connectivity index (χ4n) is 2.65. The van der Waals surface area contributed by atoms with E-state index in [0.29, 0.717) is 11.2 Å². The van der Waals surface area contributed by atoms with Crippen LogP contribution >= 0.6 is 0 Å². The summed E-state index contributed by atoms with van der Waals surface area (Å²) in [5.74, 6) is -0.0631. The molecule has 0 fully saturated rings. The van der Waals surface area contributed by atoms with Gasteiger partial charge in [-0.15, -0.1) is 0 Å². The lowest BCUT2D eigenvalue weighted by atomic mass is 10.1. The number of para-hydroxylation sites is 2. The van der Waals surface area contributed by atoms with Crippen LogP contribution in [0.25, 0.3) is 17.0 Å². The topological polar surface area (TPSA) is 65.7 Å². The van der Waals surface area contributed by atoms with Gasteiger partial charge in [-0.3, -0.25) is 4.79 Å². The highest BCUT2D eigenvalue weighted by atomic mass is 16.5. The summed E-state index contributed by atoms with van der Waals surface area (Å²) in [4.78, 5) is 24.3. The monoisotopic (exact) mass is 334 g/mol. The molecular formula is C20H14O5. The normalized spacial score (nSPS) is 12.9. The molecular weight excluding hydrogens is 320 g/mol. The molecule has 0 unspecified atom stereocenters. The average Bonchev–Trinajstić information content (AvgIpc) is 3.09. The number of hydrogen-bond donors (Lipinski definition) is 0. The third kappa shape index (κ3) is 3.04. The summed E-state index contributed by atoms with van der Waals surface area (Å²) >= 11 is 0. The zero-order valence-corrected chi connectivity index (χ0v) is 13.2. The first-order valence-electron chi connectivity index (χ1n) is 7.82. The van der Waals surface area contributed by atoms with Gasteiger partial charge in [-0.1, -0.05) is 36.4 Å². The Bertz CT molecular complexity index is 963. The highest BCUT2D eigenvalue weighted by Gasteiger charge is 2.20. The molecule has 5 heteroatoms. The van der Waals surface area contributed by atoms with E-state index < -0.39 is 5.97 Å². The van der Waals surface area contributed by atoms with E-state index in [9.17, 15) is 9.59 Å². The van der Waals surface area contributed by atoms with Crippen molar-refractivity contribution in [1.29, 1.82) is 0 Å². The van der Waals surface area contributed by atoms with Gasteiger partial charge in [0.25, 0.3) is 0 Å². The van der Waals surface area contributed by atoms with Gasteiger partial charge >= 0.3 is 5.97 Å². The quantitative estimate of drug-likeness (QED) is 0.538. The number of hydrogen-bond acceptors (Lipinski definition) is 5. The molecule has 0 N–H and O–H groups in total. The molecule has 124 valence electrons. The first-order chi connectivity index (χ1) is 12.2. The van der Waals surface area contributed by atoms with Crippen molar-refractivity contribution >= 4 is 28.8 Å². The van der Waals surface area contributed by atoms with Crippen LogP contribution in [0.3, 0.4) is 0 Å². The molecule has 1 aliphatic rings. The third-order valence-electron chi connectivity index (χ3n) is 3.93. The molecule has 3 aromatic rings. The molecule has 5 nitrogen and oxygen atoms in total. The first-order valence-corrected chi connectivity index (χ1v) is 7.82. The van der Waals surface area contributed by atoms with Crippen LogP contribution in [0, 0.1) is 0 Å². The SMILES string of the molecule is O=C(OCC(=O)c1cc2ccccc2o1)C1=Cc2ccccc2OC1. The molecule has 0 saturated carbocycles. The van der Waals surface area contributed by atoms with Crippen molar-refractivity contribution in [3.05, 3.63) is 71.5 Å². The number of furan rings is 1. The van der Waals surface area contributed by atoms with Gasteiger partial charge in [0.15, 0.2) is 12.4 Å². The van der Waals surface area contributed by atoms with Gasteiger partial charge in [0.2, 0.25) is 5.78 Å². The van der Waals surface area contributed by atoms with E-state index in [2.05, 4.69) is 0 Å². The fraction of sp³-hybridized carbons (Fsp3) is 0.100. The van der Waals surface area contributed by atoms with Gasteiger partial charge in [-0.05, 0) is 24.3 Å². The zero-order valence-electron chi connectivity index (χ0n) is 13.2. The van der Waals surface area contributed by atoms with Crippen molar-refractivity contribution in [3.63, 3.8) is 0 Å². The minimum atomic E-state index is -0.570. The molecule has 4 rings (SSSR count). The van der Waals surface area contributed by atoms with Gasteiger partial charge < -0.3 is 13.9 Å². The summed E-state index contributed by atoms with van der Waals surface area (Å²) in [5.41, 5.74) is 1.80. The molecule has 0 atom stereocenters. The van der Waals surface area contributed by atoms with Crippen molar-refractivity contribution in [2.75, 3.05) is 13.2 Å². The highest BCUT2D eigenvalue weighted by Crippen LogP contribution is 2.26. The fourth-order valence-corrected chi connectivity index (χ4v) is 2.65. The van der Waals surface area contributed by atoms with E-state index in [1.54, 1.807) is 18.2 Å². The van der Waals surface area contributed by atoms with Crippen LogP contribution in [-0.2, 0) is 9.53 Å². The average molecular weight is 334 g/mol. The third-order valence-corrected chi connectivity index (χ3v) is 3.93. The van der Waals surface area contributed by atoms with E-state index in [4.69, 9.17) is 13.9 Å². The Hall–Kier alpha value is -3.34. The number of ketones is 1. The largest absolute Gasteiger partial charge is 0.488 e. The van der Waals surface area contributed by atoms with E-state index in [0.717, 1.165) is 16.7 Å². The van der Waals surface area contributed by atoms with Gasteiger partial charge in [-0.2, -0.15) is 0 Å². The van der Waals surface area contributed by atoms with Crippen molar-refractivity contribution in [2.24, 2.45) is 0 Å². The van der Waals surface area contributed by atoms with Gasteiger partial charge in [0.05, 0.1) is 5.57 Å². The Morgan fingerprint density at radius 2 is 1.84 bits per heavy atom. The maximum atomic E-state index is 12.2. The van der Waals surface area contributed by atoms with E-state index in [-0.39, 0.29) is 24.8 Å². The molecule has 0 saturated heterocycles. The lowest BCUT2D eigenvalue weighted by Gasteiger charge is -2.16. The second-order valence-corrected chi connectivity index (χ2v) is 5.64. The van der Waals surface area contributed by atoms with Crippen LogP contribution in [0.1, 0.15) is 16.1 Å². The molecule has 0 bridgehead atoms. The molecule has 0 spiro atoms. The van der Waals surface area contributed by atoms with Crippen LogP contribution in [0.4, 0.5) is 0 Å². The highest BCUT2D eigenvalue weighted by molar-refractivity contribution is 6.01. The van der Waals surface area contributed by atoms with Gasteiger partial charge in [-0.25, -0.2) is 4.79 Å². The zero-order chi connectivity index (χ0) is 17.2. The number of carbonyl (C=O) groups is 2. The molecule has 2 aromatic carbocycles. The van der Waals surface area contributed by atoms with E-state index in [1.807, 2.05) is 42.5 Å². The predicted octanol–water partition coefficient (Wildman–Crippen LogP) is 3.63. The number of esters is 1. The van der Waals surface area contributed by atoms with Crippen molar-refractivity contribution in [3.8, 4) is 5.75 Å². The van der Waals surface area contributed by atoms with Crippen LogP contribution < -0.4 is 4.74 Å². The first kappa shape index (κ1) is 15.2. The van der Waals surface area contributed by atoms with Crippen LogP contribution in [0.5, 0.6) is 5.75 Å². The van der Waals surface area contributed by atoms with Gasteiger partial charge in [0, 0.05) is 10.9 Å². The molecule has 1 aliphatic heterocycles. The summed E-state index contributed by atoms with van der Waals surface area (Å²) in [5, 5.41) is 0.831. The molecule has 0 amide bonds. The Morgan fingerprint density at radius 1 is 1.04 bits per heavy atom. The maximum Gasteiger partial charge on any atom is 0.337 e. The second-order valence-electron chi connectivity index (χ2n) is 5.64. The van der Waals surface area contributed by atoms with Crippen LogP contribution in [0.15, 0.2) is 64.6 Å². The standard InChI is InChI=1S/C20H14O5/c21-16(19-10-14-6-2-4-8-18(14)25-19)12-24-20(22)15-9-13-5-1-3-7-17(13)23-11-15/h1-10H,11-12H2. The molecule has 1 aromatic heterocycles. The van der Waals surface area contributed by atoms with Crippen LogP contribution in [0.2, 0.25) is 0 Å². The number of fused-ring (bicyclic) bond motifs is 2. The Morgan fingerprint density at radius 3 is 2.72 bits per heavy atom. The van der Waals surface area contributed by atoms with Gasteiger partial charge in [0.1, 0.15) is 17.9 Å². The lowest BCUT2D eigenvalue weighted by molar-refractivity contribution is -0.138. The summed E-state index contributed by atoms with van der Waals surface area (Å²) < 4.78 is 16.1. The lowest BCUT2D eigenvalue weighted by Crippen LogP contribution is -2.20. The maximum absolute atomic E-state index is 12.2. The molecule has 2 heterocycles. The minimum Gasteiger partial charge on any atom is -0.488 e. The number of Topliss-reactive ketones (excluding diaryl/α,β-unsaturated/α-hetero) is 1. The summed E-state index contributed by atoms with van der Waals surface area (Å²) in [6.45, 7) is -0.258. The Labute approximate surface area is 143 Å². The number of carbonyl (C=O) groups excluding carboxylic acids is 2. The van der Waals surface area contributed by atoms with E-state index >= 15 is 0 Å². The minimum absolute atomic E-state index is 0.120. The Kier molecular flexibility index (Phi) is 3.82. The summed E-state index contributed by atoms with van der Waals surface area (Å²) in [7, 11) is 0. The van der Waals surface area contributed by atoms with E-state index in [1.165, 1.54) is 0 Å². The van der Waals surface area contributed by atoms with Crippen LogP contribution in [-0.4, -0.2) is 25.0 Å². The molecule has 0 aliphatic carbocycles. The summed E-state index contributed by atoms with van der Waals surface area (Å²) in [6.07, 6.45) is 1.72.